The molecule has 1 aromatic carbocycles. The van der Waals surface area contributed by atoms with Crippen molar-refractivity contribution in [1.82, 2.24) is 10.1 Å². The van der Waals surface area contributed by atoms with E-state index in [0.717, 1.165) is 11.1 Å². The summed E-state index contributed by atoms with van der Waals surface area (Å²) in [6.45, 7) is 9.97. The summed E-state index contributed by atoms with van der Waals surface area (Å²) < 4.78 is 5.24. The minimum atomic E-state index is 0.559. The van der Waals surface area contributed by atoms with Crippen LogP contribution in [-0.2, 0) is 0 Å². The fourth-order valence-electron chi connectivity index (χ4n) is 1.52. The minimum Gasteiger partial charge on any atom is -0.334 e. The average Bonchev–Trinajstić information content (AvgIpc) is 2.97. The maximum absolute atomic E-state index is 5.24. The zero-order valence-corrected chi connectivity index (χ0v) is 12.8. The van der Waals surface area contributed by atoms with Gasteiger partial charge < -0.3 is 4.52 Å². The Morgan fingerprint density at radius 3 is 2.40 bits per heavy atom. The van der Waals surface area contributed by atoms with Crippen LogP contribution in [0.25, 0.3) is 17.0 Å². The van der Waals surface area contributed by atoms with E-state index in [2.05, 4.69) is 17.1 Å². The molecule has 0 amide bonds. The third kappa shape index (κ3) is 4.19. The first-order chi connectivity index (χ1) is 9.70. The Morgan fingerprint density at radius 2 is 1.80 bits per heavy atom. The number of benzene rings is 1. The second-order valence-corrected chi connectivity index (χ2v) is 4.16. The maximum Gasteiger partial charge on any atom is 0.253 e. The van der Waals surface area contributed by atoms with Gasteiger partial charge in [0.2, 0.25) is 5.82 Å². The van der Waals surface area contributed by atoms with Crippen molar-refractivity contribution in [2.75, 3.05) is 0 Å². The number of aryl methyl sites for hydroxylation is 1. The number of rotatable bonds is 3. The molecule has 0 aliphatic rings. The zero-order chi connectivity index (χ0) is 15.0. The van der Waals surface area contributed by atoms with E-state index in [0.29, 0.717) is 11.7 Å². The summed E-state index contributed by atoms with van der Waals surface area (Å²) in [6.07, 6.45) is 5.86. The van der Waals surface area contributed by atoms with Crippen molar-refractivity contribution in [3.63, 3.8) is 0 Å². The molecular weight excluding hydrogens is 248 g/mol. The van der Waals surface area contributed by atoms with Gasteiger partial charge in [0.05, 0.1) is 0 Å². The lowest BCUT2D eigenvalue weighted by Gasteiger charge is -1.94. The lowest BCUT2D eigenvalue weighted by Crippen LogP contribution is -1.82. The first kappa shape index (κ1) is 15.9. The van der Waals surface area contributed by atoms with Crippen LogP contribution < -0.4 is 0 Å². The molecule has 2 aromatic rings. The predicted octanol–water partition coefficient (Wildman–Crippen LogP) is 5.05. The molecule has 2 rings (SSSR count). The van der Waals surface area contributed by atoms with E-state index in [1.807, 2.05) is 70.2 Å². The Morgan fingerprint density at radius 1 is 1.15 bits per heavy atom. The van der Waals surface area contributed by atoms with Gasteiger partial charge in [-0.15, -0.1) is 0 Å². The van der Waals surface area contributed by atoms with E-state index < -0.39 is 0 Å². The van der Waals surface area contributed by atoms with Gasteiger partial charge in [-0.25, -0.2) is 0 Å². The van der Waals surface area contributed by atoms with Crippen LogP contribution in [0, 0.1) is 6.92 Å². The van der Waals surface area contributed by atoms with Crippen molar-refractivity contribution in [2.24, 2.45) is 0 Å². The van der Waals surface area contributed by atoms with Crippen molar-refractivity contribution in [1.29, 1.82) is 0 Å². The molecule has 0 fully saturated rings. The van der Waals surface area contributed by atoms with Gasteiger partial charge in [-0.05, 0) is 20.8 Å². The molecule has 0 spiro atoms. The van der Waals surface area contributed by atoms with Crippen LogP contribution in [0.2, 0.25) is 0 Å². The summed E-state index contributed by atoms with van der Waals surface area (Å²) >= 11 is 0. The Bertz CT molecular complexity index is 577. The van der Waals surface area contributed by atoms with E-state index in [9.17, 15) is 0 Å². The van der Waals surface area contributed by atoms with Gasteiger partial charge in [-0.2, -0.15) is 4.98 Å². The first-order valence-electron chi connectivity index (χ1n) is 6.91. The van der Waals surface area contributed by atoms with Gasteiger partial charge in [-0.1, -0.05) is 67.1 Å². The second-order valence-electron chi connectivity index (χ2n) is 4.16. The number of hydrogen-bond acceptors (Lipinski definition) is 3. The highest BCUT2D eigenvalue weighted by Crippen LogP contribution is 2.19. The molecule has 1 aromatic heterocycles. The molecule has 0 radical (unpaired) electrons. The molecule has 0 saturated heterocycles. The molecule has 0 bridgehead atoms. The maximum atomic E-state index is 5.24. The molecule has 0 saturated carbocycles. The highest BCUT2D eigenvalue weighted by molar-refractivity contribution is 5.61. The van der Waals surface area contributed by atoms with Crippen LogP contribution in [0.3, 0.4) is 0 Å². The summed E-state index contributed by atoms with van der Waals surface area (Å²) in [4.78, 5) is 4.38. The standard InChI is InChI=1S/C15H16N2O.C2H6/c1-4-5-6-12(3)15-16-14(17-18-15)13-9-7-11(2)8-10-13;1-2/h4-10H,1-3H3;1-2H3/b5-4-,12-6+;. The summed E-state index contributed by atoms with van der Waals surface area (Å²) in [7, 11) is 0. The topological polar surface area (TPSA) is 38.9 Å². The summed E-state index contributed by atoms with van der Waals surface area (Å²) in [5.74, 6) is 1.18. The molecule has 0 aliphatic carbocycles. The summed E-state index contributed by atoms with van der Waals surface area (Å²) in [6, 6.07) is 8.06. The average molecular weight is 270 g/mol. The third-order valence-corrected chi connectivity index (χ3v) is 2.61. The molecule has 1 heterocycles. The molecule has 3 nitrogen and oxygen atoms in total. The van der Waals surface area contributed by atoms with Crippen LogP contribution in [-0.4, -0.2) is 10.1 Å². The quantitative estimate of drug-likeness (QED) is 0.732. The molecule has 20 heavy (non-hydrogen) atoms. The Labute approximate surface area is 121 Å². The normalized spacial score (nSPS) is 11.3. The van der Waals surface area contributed by atoms with E-state index in [4.69, 9.17) is 4.52 Å². The van der Waals surface area contributed by atoms with Gasteiger partial charge in [0.1, 0.15) is 0 Å². The van der Waals surface area contributed by atoms with Gasteiger partial charge in [-0.3, -0.25) is 0 Å². The SMILES string of the molecule is C/C=C\C=C(/C)c1nc(-c2ccc(C)cc2)no1.CC. The zero-order valence-electron chi connectivity index (χ0n) is 12.8. The van der Waals surface area contributed by atoms with Gasteiger partial charge >= 0.3 is 0 Å². The van der Waals surface area contributed by atoms with Crippen molar-refractivity contribution in [2.45, 2.75) is 34.6 Å². The molecule has 3 heteroatoms. The Balaban J connectivity index is 0.000000956. The highest BCUT2D eigenvalue weighted by atomic mass is 16.5. The molecule has 106 valence electrons. The number of hydrogen-bond donors (Lipinski definition) is 0. The van der Waals surface area contributed by atoms with Crippen LogP contribution in [0.1, 0.15) is 39.1 Å². The van der Waals surface area contributed by atoms with Crippen molar-refractivity contribution < 1.29 is 4.52 Å². The smallest absolute Gasteiger partial charge is 0.253 e. The van der Waals surface area contributed by atoms with E-state index in [1.54, 1.807) is 0 Å². The molecular formula is C17H22N2O. The minimum absolute atomic E-state index is 0.559. The van der Waals surface area contributed by atoms with Crippen molar-refractivity contribution in [3.05, 3.63) is 53.9 Å². The van der Waals surface area contributed by atoms with Gasteiger partial charge in [0, 0.05) is 11.1 Å². The number of allylic oxidation sites excluding steroid dienone is 4. The van der Waals surface area contributed by atoms with Crippen LogP contribution in [0.15, 0.2) is 47.0 Å². The van der Waals surface area contributed by atoms with Crippen LogP contribution >= 0.6 is 0 Å². The predicted molar refractivity (Wildman–Crippen MR) is 84.3 cm³/mol. The number of aromatic nitrogens is 2. The first-order valence-corrected chi connectivity index (χ1v) is 6.91. The fourth-order valence-corrected chi connectivity index (χ4v) is 1.52. The van der Waals surface area contributed by atoms with Crippen LogP contribution in [0.5, 0.6) is 0 Å². The largest absolute Gasteiger partial charge is 0.334 e. The monoisotopic (exact) mass is 270 g/mol. The lowest BCUT2D eigenvalue weighted by molar-refractivity contribution is 0.408. The fraction of sp³-hybridized carbons (Fsp3) is 0.294. The second kappa shape index (κ2) is 8.10. The highest BCUT2D eigenvalue weighted by Gasteiger charge is 2.09. The Kier molecular flexibility index (Phi) is 6.44. The molecule has 0 unspecified atom stereocenters. The molecule has 0 atom stereocenters. The summed E-state index contributed by atoms with van der Waals surface area (Å²) in [5, 5.41) is 3.99. The summed E-state index contributed by atoms with van der Waals surface area (Å²) in [5.41, 5.74) is 3.14. The van der Waals surface area contributed by atoms with Crippen LogP contribution in [0.4, 0.5) is 0 Å². The van der Waals surface area contributed by atoms with Gasteiger partial charge in [0.15, 0.2) is 0 Å². The molecule has 0 N–H and O–H groups in total. The third-order valence-electron chi connectivity index (χ3n) is 2.61. The lowest BCUT2D eigenvalue weighted by atomic mass is 10.1. The van der Waals surface area contributed by atoms with E-state index in [1.165, 1.54) is 5.56 Å². The molecule has 0 aliphatic heterocycles. The van der Waals surface area contributed by atoms with Crippen molar-refractivity contribution in [3.8, 4) is 11.4 Å². The van der Waals surface area contributed by atoms with E-state index >= 15 is 0 Å². The van der Waals surface area contributed by atoms with Crippen molar-refractivity contribution >= 4 is 5.57 Å². The van der Waals surface area contributed by atoms with E-state index in [-0.39, 0.29) is 0 Å². The number of nitrogens with zero attached hydrogens (tertiary/aromatic N) is 2. The van der Waals surface area contributed by atoms with Gasteiger partial charge in [0.25, 0.3) is 5.89 Å². The Hall–Kier alpha value is -2.16.